The van der Waals surface area contributed by atoms with Gasteiger partial charge >= 0.3 is 0 Å². The second-order valence-corrected chi connectivity index (χ2v) is 5.06. The molecule has 0 radical (unpaired) electrons. The zero-order valence-electron chi connectivity index (χ0n) is 11.0. The molecule has 1 amide bonds. The summed E-state index contributed by atoms with van der Waals surface area (Å²) in [5.41, 5.74) is 0.477. The largest absolute Gasteiger partial charge is 0.381 e. The van der Waals surface area contributed by atoms with E-state index in [9.17, 15) is 4.79 Å². The molecular formula is C13H22N2O3. The van der Waals surface area contributed by atoms with Gasteiger partial charge in [0.2, 0.25) is 5.91 Å². The van der Waals surface area contributed by atoms with Gasteiger partial charge in [-0.3, -0.25) is 9.63 Å². The molecule has 102 valence electrons. The topological polar surface area (TPSA) is 64.8 Å². The van der Waals surface area contributed by atoms with Crippen LogP contribution in [0.15, 0.2) is 11.6 Å². The van der Waals surface area contributed by atoms with E-state index in [1.807, 2.05) is 17.9 Å². The highest BCUT2D eigenvalue weighted by molar-refractivity contribution is 5.94. The second kappa shape index (κ2) is 5.82. The summed E-state index contributed by atoms with van der Waals surface area (Å²) < 4.78 is 5.33. The quantitative estimate of drug-likeness (QED) is 0.602. The predicted molar refractivity (Wildman–Crippen MR) is 67.6 cm³/mol. The van der Waals surface area contributed by atoms with Crippen LogP contribution < -0.4 is 5.90 Å². The molecule has 0 aliphatic carbocycles. The van der Waals surface area contributed by atoms with Crippen molar-refractivity contribution in [2.45, 2.75) is 38.2 Å². The average molecular weight is 254 g/mol. The molecule has 0 aromatic heterocycles. The SMILES string of the molecule is C/C=C1\CCCN(CC2(ON)CCOCC2)C1=O. The van der Waals surface area contributed by atoms with Crippen LogP contribution in [-0.2, 0) is 14.4 Å². The third-order valence-corrected chi connectivity index (χ3v) is 3.92. The van der Waals surface area contributed by atoms with Crippen LogP contribution >= 0.6 is 0 Å². The van der Waals surface area contributed by atoms with Gasteiger partial charge in [-0.15, -0.1) is 0 Å². The van der Waals surface area contributed by atoms with E-state index in [2.05, 4.69) is 0 Å². The Morgan fingerprint density at radius 3 is 2.83 bits per heavy atom. The maximum Gasteiger partial charge on any atom is 0.249 e. The Bertz CT molecular complexity index is 335. The summed E-state index contributed by atoms with van der Waals surface area (Å²) in [6.07, 6.45) is 5.30. The molecule has 5 nitrogen and oxygen atoms in total. The summed E-state index contributed by atoms with van der Waals surface area (Å²) in [6, 6.07) is 0. The van der Waals surface area contributed by atoms with Crippen LogP contribution in [0.25, 0.3) is 0 Å². The number of rotatable bonds is 3. The van der Waals surface area contributed by atoms with E-state index < -0.39 is 5.60 Å². The zero-order valence-corrected chi connectivity index (χ0v) is 11.0. The third-order valence-electron chi connectivity index (χ3n) is 3.92. The maximum atomic E-state index is 12.2. The molecule has 2 heterocycles. The smallest absolute Gasteiger partial charge is 0.249 e. The van der Waals surface area contributed by atoms with Crippen molar-refractivity contribution in [3.8, 4) is 0 Å². The minimum atomic E-state index is -0.426. The molecule has 2 saturated heterocycles. The molecule has 0 atom stereocenters. The van der Waals surface area contributed by atoms with Crippen LogP contribution in [0.5, 0.6) is 0 Å². The summed E-state index contributed by atoms with van der Waals surface area (Å²) in [4.78, 5) is 19.3. The second-order valence-electron chi connectivity index (χ2n) is 5.06. The van der Waals surface area contributed by atoms with E-state index in [0.717, 1.165) is 37.8 Å². The number of piperidine rings is 1. The van der Waals surface area contributed by atoms with Gasteiger partial charge in [-0.25, -0.2) is 5.90 Å². The third kappa shape index (κ3) is 2.74. The first-order valence-electron chi connectivity index (χ1n) is 6.61. The van der Waals surface area contributed by atoms with Gasteiger partial charge in [0.15, 0.2) is 0 Å². The van der Waals surface area contributed by atoms with Gasteiger partial charge in [-0.05, 0) is 19.8 Å². The molecule has 0 unspecified atom stereocenters. The van der Waals surface area contributed by atoms with Crippen LogP contribution in [0.2, 0.25) is 0 Å². The lowest BCUT2D eigenvalue weighted by molar-refractivity contribution is -0.147. The monoisotopic (exact) mass is 254 g/mol. The molecule has 2 N–H and O–H groups in total. The highest BCUT2D eigenvalue weighted by atomic mass is 16.6. The van der Waals surface area contributed by atoms with E-state index in [1.54, 1.807) is 0 Å². The van der Waals surface area contributed by atoms with Crippen molar-refractivity contribution in [3.63, 3.8) is 0 Å². The fourth-order valence-electron chi connectivity index (χ4n) is 2.70. The van der Waals surface area contributed by atoms with Gasteiger partial charge in [0.05, 0.1) is 6.54 Å². The fraction of sp³-hybridized carbons (Fsp3) is 0.769. The van der Waals surface area contributed by atoms with Crippen molar-refractivity contribution < 1.29 is 14.4 Å². The van der Waals surface area contributed by atoms with Crippen molar-refractivity contribution in [2.75, 3.05) is 26.3 Å². The lowest BCUT2D eigenvalue weighted by Crippen LogP contribution is -2.53. The first-order valence-corrected chi connectivity index (χ1v) is 6.61. The fourth-order valence-corrected chi connectivity index (χ4v) is 2.70. The Hall–Kier alpha value is -0.910. The van der Waals surface area contributed by atoms with Crippen molar-refractivity contribution in [3.05, 3.63) is 11.6 Å². The van der Waals surface area contributed by atoms with Crippen LogP contribution in [-0.4, -0.2) is 42.7 Å². The molecule has 5 heteroatoms. The summed E-state index contributed by atoms with van der Waals surface area (Å²) in [5.74, 6) is 5.59. The molecule has 2 aliphatic heterocycles. The number of likely N-dealkylation sites (tertiary alicyclic amines) is 1. The average Bonchev–Trinajstić information content (AvgIpc) is 2.42. The number of allylic oxidation sites excluding steroid dienone is 1. The Morgan fingerprint density at radius 1 is 1.50 bits per heavy atom. The van der Waals surface area contributed by atoms with Crippen LogP contribution in [0.3, 0.4) is 0 Å². The zero-order chi connectivity index (χ0) is 13.0. The number of hydrogen-bond donors (Lipinski definition) is 1. The number of hydrogen-bond acceptors (Lipinski definition) is 4. The van der Waals surface area contributed by atoms with Gasteiger partial charge in [-0.1, -0.05) is 6.08 Å². The van der Waals surface area contributed by atoms with Gasteiger partial charge in [0.25, 0.3) is 0 Å². The number of carbonyl (C=O) groups excluding carboxylic acids is 1. The van der Waals surface area contributed by atoms with E-state index in [4.69, 9.17) is 15.5 Å². The van der Waals surface area contributed by atoms with E-state index in [-0.39, 0.29) is 5.91 Å². The normalized spacial score (nSPS) is 26.7. The van der Waals surface area contributed by atoms with Gasteiger partial charge < -0.3 is 9.64 Å². The molecule has 2 fully saturated rings. The Morgan fingerprint density at radius 2 is 2.22 bits per heavy atom. The molecule has 0 bridgehead atoms. The number of carbonyl (C=O) groups is 1. The van der Waals surface area contributed by atoms with Crippen LogP contribution in [0, 0.1) is 0 Å². The van der Waals surface area contributed by atoms with E-state index in [1.165, 1.54) is 0 Å². The molecule has 0 aromatic carbocycles. The lowest BCUT2D eigenvalue weighted by Gasteiger charge is -2.40. The van der Waals surface area contributed by atoms with E-state index in [0.29, 0.717) is 19.8 Å². The van der Waals surface area contributed by atoms with Gasteiger partial charge in [-0.2, -0.15) is 0 Å². The summed E-state index contributed by atoms with van der Waals surface area (Å²) in [7, 11) is 0. The minimum Gasteiger partial charge on any atom is -0.381 e. The first kappa shape index (κ1) is 13.5. The molecule has 0 aromatic rings. The summed E-state index contributed by atoms with van der Waals surface area (Å²) in [5, 5.41) is 0. The molecule has 18 heavy (non-hydrogen) atoms. The summed E-state index contributed by atoms with van der Waals surface area (Å²) in [6.45, 7) is 4.58. The van der Waals surface area contributed by atoms with Crippen LogP contribution in [0.1, 0.15) is 32.6 Å². The maximum absolute atomic E-state index is 12.2. The Kier molecular flexibility index (Phi) is 4.37. The number of amides is 1. The molecule has 0 spiro atoms. The molecule has 2 aliphatic rings. The summed E-state index contributed by atoms with van der Waals surface area (Å²) >= 11 is 0. The van der Waals surface area contributed by atoms with E-state index >= 15 is 0 Å². The van der Waals surface area contributed by atoms with Crippen molar-refractivity contribution >= 4 is 5.91 Å². The number of nitrogens with zero attached hydrogens (tertiary/aromatic N) is 1. The van der Waals surface area contributed by atoms with Crippen molar-refractivity contribution in [1.29, 1.82) is 0 Å². The minimum absolute atomic E-state index is 0.131. The Labute approximate surface area is 108 Å². The van der Waals surface area contributed by atoms with Crippen molar-refractivity contribution in [2.24, 2.45) is 5.90 Å². The number of ether oxygens (including phenoxy) is 1. The van der Waals surface area contributed by atoms with Gasteiger partial charge in [0, 0.05) is 38.2 Å². The molecule has 0 saturated carbocycles. The standard InChI is InChI=1S/C13H22N2O3/c1-2-11-4-3-7-15(12(11)16)10-13(18-14)5-8-17-9-6-13/h2H,3-10,14H2,1H3/b11-2+. The molecular weight excluding hydrogens is 232 g/mol. The predicted octanol–water partition coefficient (Wildman–Crippen LogP) is 0.995. The number of nitrogens with two attached hydrogens (primary N) is 1. The first-order chi connectivity index (χ1) is 8.71. The van der Waals surface area contributed by atoms with Crippen molar-refractivity contribution in [1.82, 2.24) is 4.90 Å². The highest BCUT2D eigenvalue weighted by Crippen LogP contribution is 2.27. The highest BCUT2D eigenvalue weighted by Gasteiger charge is 2.38. The van der Waals surface area contributed by atoms with Crippen LogP contribution in [0.4, 0.5) is 0 Å². The lowest BCUT2D eigenvalue weighted by atomic mass is 9.92. The molecule has 2 rings (SSSR count). The Balaban J connectivity index is 2.04. The van der Waals surface area contributed by atoms with Gasteiger partial charge in [0.1, 0.15) is 5.60 Å².